The second-order valence-electron chi connectivity index (χ2n) is 6.06. The minimum atomic E-state index is -0.130. The molecule has 0 saturated heterocycles. The largest absolute Gasteiger partial charge is 0.355 e. The van der Waals surface area contributed by atoms with Gasteiger partial charge in [-0.2, -0.15) is 0 Å². The van der Waals surface area contributed by atoms with Crippen LogP contribution in [0.25, 0.3) is 0 Å². The Morgan fingerprint density at radius 3 is 2.36 bits per heavy atom. The van der Waals surface area contributed by atoms with Gasteiger partial charge in [0.05, 0.1) is 10.6 Å². The van der Waals surface area contributed by atoms with Gasteiger partial charge in [0.25, 0.3) is 11.8 Å². The molecule has 2 aromatic carbocycles. The van der Waals surface area contributed by atoms with E-state index in [-0.39, 0.29) is 17.9 Å². The SMILES string of the molecule is CNC(=O)c1ccc(CN(C(=O)c2ccc(Cl)cc2Cl)C2CC2)cc1. The summed E-state index contributed by atoms with van der Waals surface area (Å²) in [5, 5.41) is 3.45. The second-order valence-corrected chi connectivity index (χ2v) is 6.91. The Bertz CT molecular complexity index is 802. The molecule has 1 N–H and O–H groups in total. The Morgan fingerprint density at radius 1 is 1.12 bits per heavy atom. The fourth-order valence-electron chi connectivity index (χ4n) is 2.67. The highest BCUT2D eigenvalue weighted by atomic mass is 35.5. The van der Waals surface area contributed by atoms with Crippen molar-refractivity contribution in [1.29, 1.82) is 0 Å². The third-order valence-electron chi connectivity index (χ3n) is 4.21. The van der Waals surface area contributed by atoms with E-state index >= 15 is 0 Å². The standard InChI is InChI=1S/C19H18Cl2N2O2/c1-22-18(24)13-4-2-12(3-5-13)11-23(15-7-8-15)19(25)16-9-6-14(20)10-17(16)21/h2-6,9-10,15H,7-8,11H2,1H3,(H,22,24). The maximum absolute atomic E-state index is 12.9. The van der Waals surface area contributed by atoms with Gasteiger partial charge in [0, 0.05) is 30.2 Å². The summed E-state index contributed by atoms with van der Waals surface area (Å²) < 4.78 is 0. The quantitative estimate of drug-likeness (QED) is 0.851. The van der Waals surface area contributed by atoms with Gasteiger partial charge >= 0.3 is 0 Å². The van der Waals surface area contributed by atoms with Crippen molar-refractivity contribution >= 4 is 35.0 Å². The molecule has 1 fully saturated rings. The van der Waals surface area contributed by atoms with Crippen molar-refractivity contribution in [2.75, 3.05) is 7.05 Å². The van der Waals surface area contributed by atoms with Crippen LogP contribution in [0.4, 0.5) is 0 Å². The summed E-state index contributed by atoms with van der Waals surface area (Å²) in [5.74, 6) is -0.228. The van der Waals surface area contributed by atoms with Crippen LogP contribution in [-0.2, 0) is 6.54 Å². The highest BCUT2D eigenvalue weighted by Gasteiger charge is 2.33. The van der Waals surface area contributed by atoms with Crippen molar-refractivity contribution in [3.63, 3.8) is 0 Å². The van der Waals surface area contributed by atoms with Crippen LogP contribution in [0.15, 0.2) is 42.5 Å². The van der Waals surface area contributed by atoms with Crippen molar-refractivity contribution in [3.05, 3.63) is 69.2 Å². The monoisotopic (exact) mass is 376 g/mol. The van der Waals surface area contributed by atoms with Crippen LogP contribution in [0.3, 0.4) is 0 Å². The zero-order chi connectivity index (χ0) is 18.0. The summed E-state index contributed by atoms with van der Waals surface area (Å²) in [6, 6.07) is 12.4. The van der Waals surface area contributed by atoms with Gasteiger partial charge in [-0.05, 0) is 48.7 Å². The van der Waals surface area contributed by atoms with Gasteiger partial charge in [-0.3, -0.25) is 9.59 Å². The summed E-state index contributed by atoms with van der Waals surface area (Å²) in [6.07, 6.45) is 1.99. The third-order valence-corrected chi connectivity index (χ3v) is 4.75. The highest BCUT2D eigenvalue weighted by molar-refractivity contribution is 6.36. The lowest BCUT2D eigenvalue weighted by Gasteiger charge is -2.23. The van der Waals surface area contributed by atoms with Crippen molar-refractivity contribution < 1.29 is 9.59 Å². The van der Waals surface area contributed by atoms with E-state index in [1.807, 2.05) is 17.0 Å². The van der Waals surface area contributed by atoms with Crippen molar-refractivity contribution in [2.24, 2.45) is 0 Å². The van der Waals surface area contributed by atoms with E-state index in [1.54, 1.807) is 37.4 Å². The molecule has 0 spiro atoms. The number of hydrogen-bond acceptors (Lipinski definition) is 2. The molecule has 1 aliphatic rings. The molecule has 130 valence electrons. The first-order valence-corrected chi connectivity index (χ1v) is 8.82. The fraction of sp³-hybridized carbons (Fsp3) is 0.263. The predicted molar refractivity (Wildman–Crippen MR) is 99.2 cm³/mol. The summed E-state index contributed by atoms with van der Waals surface area (Å²) >= 11 is 12.1. The lowest BCUT2D eigenvalue weighted by atomic mass is 10.1. The normalized spacial score (nSPS) is 13.4. The Hall–Kier alpha value is -2.04. The van der Waals surface area contributed by atoms with Crippen LogP contribution >= 0.6 is 23.2 Å². The minimum Gasteiger partial charge on any atom is -0.355 e. The van der Waals surface area contributed by atoms with Gasteiger partial charge in [-0.1, -0.05) is 35.3 Å². The van der Waals surface area contributed by atoms with Crippen molar-refractivity contribution in [1.82, 2.24) is 10.2 Å². The van der Waals surface area contributed by atoms with Crippen LogP contribution in [0.1, 0.15) is 39.1 Å². The minimum absolute atomic E-state index is 0.0976. The molecule has 1 saturated carbocycles. The Labute approximate surface area is 156 Å². The lowest BCUT2D eigenvalue weighted by molar-refractivity contribution is 0.0729. The zero-order valence-corrected chi connectivity index (χ0v) is 15.3. The topological polar surface area (TPSA) is 49.4 Å². The number of hydrogen-bond donors (Lipinski definition) is 1. The van der Waals surface area contributed by atoms with E-state index in [2.05, 4.69) is 5.32 Å². The number of carbonyl (C=O) groups is 2. The Balaban J connectivity index is 1.80. The molecule has 0 bridgehead atoms. The van der Waals surface area contributed by atoms with Crippen LogP contribution in [0.2, 0.25) is 10.0 Å². The smallest absolute Gasteiger partial charge is 0.255 e. The number of amides is 2. The Kier molecular flexibility index (Phi) is 5.30. The van der Waals surface area contributed by atoms with E-state index in [0.29, 0.717) is 27.7 Å². The highest BCUT2D eigenvalue weighted by Crippen LogP contribution is 2.32. The van der Waals surface area contributed by atoms with Gasteiger partial charge in [0.15, 0.2) is 0 Å². The van der Waals surface area contributed by atoms with E-state index in [9.17, 15) is 9.59 Å². The first-order chi connectivity index (χ1) is 12.0. The van der Waals surface area contributed by atoms with Crippen LogP contribution in [-0.4, -0.2) is 29.8 Å². The van der Waals surface area contributed by atoms with E-state index in [4.69, 9.17) is 23.2 Å². The molecule has 0 aromatic heterocycles. The summed E-state index contributed by atoms with van der Waals surface area (Å²) in [4.78, 5) is 26.4. The third kappa shape index (κ3) is 4.14. The summed E-state index contributed by atoms with van der Waals surface area (Å²) in [5.41, 5.74) is 2.02. The van der Waals surface area contributed by atoms with Gasteiger partial charge < -0.3 is 10.2 Å². The molecular weight excluding hydrogens is 359 g/mol. The molecule has 0 heterocycles. The van der Waals surface area contributed by atoms with Gasteiger partial charge in [-0.15, -0.1) is 0 Å². The molecule has 3 rings (SSSR count). The molecule has 4 nitrogen and oxygen atoms in total. The Morgan fingerprint density at radius 2 is 1.80 bits per heavy atom. The van der Waals surface area contributed by atoms with Gasteiger partial charge in [0.1, 0.15) is 0 Å². The number of halogens is 2. The molecule has 0 unspecified atom stereocenters. The van der Waals surface area contributed by atoms with E-state index < -0.39 is 0 Å². The summed E-state index contributed by atoms with van der Waals surface area (Å²) in [6.45, 7) is 0.483. The molecular formula is C19H18Cl2N2O2. The molecule has 2 amide bonds. The first kappa shape index (κ1) is 17.8. The molecule has 25 heavy (non-hydrogen) atoms. The average Bonchev–Trinajstić information content (AvgIpc) is 3.44. The number of benzene rings is 2. The van der Waals surface area contributed by atoms with Gasteiger partial charge in [0.2, 0.25) is 0 Å². The van der Waals surface area contributed by atoms with E-state index in [0.717, 1.165) is 18.4 Å². The number of carbonyl (C=O) groups excluding carboxylic acids is 2. The second kappa shape index (κ2) is 7.46. The maximum Gasteiger partial charge on any atom is 0.255 e. The fourth-order valence-corrected chi connectivity index (χ4v) is 3.16. The number of nitrogens with zero attached hydrogens (tertiary/aromatic N) is 1. The lowest BCUT2D eigenvalue weighted by Crippen LogP contribution is -2.32. The van der Waals surface area contributed by atoms with Crippen LogP contribution in [0, 0.1) is 0 Å². The zero-order valence-electron chi connectivity index (χ0n) is 13.8. The van der Waals surface area contributed by atoms with Crippen molar-refractivity contribution in [2.45, 2.75) is 25.4 Å². The average molecular weight is 377 g/mol. The van der Waals surface area contributed by atoms with Crippen LogP contribution < -0.4 is 5.32 Å². The number of nitrogens with one attached hydrogen (secondary N) is 1. The molecule has 6 heteroatoms. The molecule has 0 radical (unpaired) electrons. The van der Waals surface area contributed by atoms with Crippen LogP contribution in [0.5, 0.6) is 0 Å². The number of rotatable bonds is 5. The first-order valence-electron chi connectivity index (χ1n) is 8.06. The molecule has 0 atom stereocenters. The predicted octanol–water partition coefficient (Wildman–Crippen LogP) is 4.16. The van der Waals surface area contributed by atoms with Crippen molar-refractivity contribution in [3.8, 4) is 0 Å². The molecule has 0 aliphatic heterocycles. The summed E-state index contributed by atoms with van der Waals surface area (Å²) in [7, 11) is 1.60. The van der Waals surface area contributed by atoms with Gasteiger partial charge in [-0.25, -0.2) is 0 Å². The maximum atomic E-state index is 12.9. The molecule has 2 aromatic rings. The molecule has 1 aliphatic carbocycles. The van der Waals surface area contributed by atoms with E-state index in [1.165, 1.54) is 0 Å².